The monoisotopic (exact) mass is 334 g/mol. The number of halogens is 1. The third-order valence-corrected chi connectivity index (χ3v) is 3.57. The minimum absolute atomic E-state index is 0.107. The summed E-state index contributed by atoms with van der Waals surface area (Å²) in [5.74, 6) is 0.622. The Morgan fingerprint density at radius 2 is 2.20 bits per heavy atom. The zero-order valence-electron chi connectivity index (χ0n) is 11.3. The molecule has 0 aliphatic rings. The van der Waals surface area contributed by atoms with Crippen molar-refractivity contribution < 1.29 is 9.53 Å². The van der Waals surface area contributed by atoms with Crippen LogP contribution in [0.3, 0.4) is 0 Å². The highest BCUT2D eigenvalue weighted by atomic mass is 79.9. The van der Waals surface area contributed by atoms with E-state index in [0.29, 0.717) is 5.56 Å². The van der Waals surface area contributed by atoms with Gasteiger partial charge in [0.05, 0.1) is 23.2 Å². The first-order chi connectivity index (χ1) is 9.61. The van der Waals surface area contributed by atoms with E-state index in [1.807, 2.05) is 25.1 Å². The van der Waals surface area contributed by atoms with Gasteiger partial charge in [0.2, 0.25) is 0 Å². The number of nitrogens with zero attached hydrogens (tertiary/aromatic N) is 1. The molecule has 5 heteroatoms. The van der Waals surface area contributed by atoms with E-state index in [-0.39, 0.29) is 11.9 Å². The quantitative estimate of drug-likeness (QED) is 0.932. The highest BCUT2D eigenvalue weighted by Gasteiger charge is 2.12. The van der Waals surface area contributed by atoms with Crippen LogP contribution in [0.15, 0.2) is 47.2 Å². The van der Waals surface area contributed by atoms with Crippen molar-refractivity contribution in [3.05, 3.63) is 58.3 Å². The summed E-state index contributed by atoms with van der Waals surface area (Å²) in [6.45, 7) is 1.93. The number of carbonyl (C=O) groups is 1. The minimum atomic E-state index is -0.141. The van der Waals surface area contributed by atoms with Gasteiger partial charge >= 0.3 is 0 Å². The van der Waals surface area contributed by atoms with Gasteiger partial charge in [-0.05, 0) is 52.7 Å². The smallest absolute Gasteiger partial charge is 0.253 e. The van der Waals surface area contributed by atoms with E-state index in [1.165, 1.54) is 0 Å². The third-order valence-electron chi connectivity index (χ3n) is 2.95. The zero-order chi connectivity index (χ0) is 14.5. The first-order valence-corrected chi connectivity index (χ1v) is 6.95. The molecule has 0 radical (unpaired) electrons. The molecule has 0 spiro atoms. The number of methoxy groups -OCH3 is 1. The van der Waals surface area contributed by atoms with Gasteiger partial charge in [0.25, 0.3) is 5.91 Å². The maximum atomic E-state index is 12.0. The molecule has 0 bridgehead atoms. The van der Waals surface area contributed by atoms with Crippen molar-refractivity contribution in [1.29, 1.82) is 0 Å². The van der Waals surface area contributed by atoms with Gasteiger partial charge in [-0.2, -0.15) is 0 Å². The number of rotatable bonds is 4. The molecule has 0 aliphatic heterocycles. The van der Waals surface area contributed by atoms with Crippen molar-refractivity contribution >= 4 is 21.8 Å². The summed E-state index contributed by atoms with van der Waals surface area (Å²) < 4.78 is 6.05. The molecule has 20 heavy (non-hydrogen) atoms. The molecule has 0 saturated heterocycles. The zero-order valence-corrected chi connectivity index (χ0v) is 12.8. The van der Waals surface area contributed by atoms with Gasteiger partial charge in [-0.15, -0.1) is 0 Å². The van der Waals surface area contributed by atoms with Crippen molar-refractivity contribution in [2.45, 2.75) is 13.0 Å². The number of ether oxygens (including phenoxy) is 1. The molecule has 4 nitrogen and oxygen atoms in total. The van der Waals surface area contributed by atoms with Crippen LogP contribution in [0, 0.1) is 0 Å². The van der Waals surface area contributed by atoms with Gasteiger partial charge in [0, 0.05) is 12.4 Å². The molecule has 2 aromatic rings. The highest BCUT2D eigenvalue weighted by molar-refractivity contribution is 9.10. The lowest BCUT2D eigenvalue weighted by atomic mass is 10.1. The topological polar surface area (TPSA) is 51.2 Å². The standard InChI is InChI=1S/C15H15BrN2O2/c1-10(11-5-6-14(20-2)13(16)8-11)18-15(19)12-4-3-7-17-9-12/h3-10H,1-2H3,(H,18,19). The molecule has 104 valence electrons. The summed E-state index contributed by atoms with van der Waals surface area (Å²) in [6, 6.07) is 9.10. The molecule has 0 aliphatic carbocycles. The van der Waals surface area contributed by atoms with E-state index in [9.17, 15) is 4.79 Å². The summed E-state index contributed by atoms with van der Waals surface area (Å²) >= 11 is 3.44. The summed E-state index contributed by atoms with van der Waals surface area (Å²) in [5.41, 5.74) is 1.54. The van der Waals surface area contributed by atoms with Gasteiger partial charge in [-0.25, -0.2) is 0 Å². The Labute approximate surface area is 126 Å². The van der Waals surface area contributed by atoms with Crippen LogP contribution >= 0.6 is 15.9 Å². The van der Waals surface area contributed by atoms with Crippen molar-refractivity contribution in [1.82, 2.24) is 10.3 Å². The Kier molecular flexibility index (Phi) is 4.74. The number of hydrogen-bond donors (Lipinski definition) is 1. The second kappa shape index (κ2) is 6.52. The fourth-order valence-electron chi connectivity index (χ4n) is 1.81. The number of hydrogen-bond acceptors (Lipinski definition) is 3. The number of carbonyl (C=O) groups excluding carboxylic acids is 1. The van der Waals surface area contributed by atoms with E-state index in [4.69, 9.17) is 4.74 Å². The molecular formula is C15H15BrN2O2. The molecule has 2 rings (SSSR count). The lowest BCUT2D eigenvalue weighted by molar-refractivity contribution is 0.0939. The molecule has 1 unspecified atom stereocenters. The third kappa shape index (κ3) is 3.36. The normalized spacial score (nSPS) is 11.8. The molecule has 1 aromatic heterocycles. The van der Waals surface area contributed by atoms with Crippen LogP contribution in [0.1, 0.15) is 28.9 Å². The fourth-order valence-corrected chi connectivity index (χ4v) is 2.37. The van der Waals surface area contributed by atoms with Crippen molar-refractivity contribution in [2.24, 2.45) is 0 Å². The second-order valence-electron chi connectivity index (χ2n) is 4.33. The predicted molar refractivity (Wildman–Crippen MR) is 80.8 cm³/mol. The number of benzene rings is 1. The lowest BCUT2D eigenvalue weighted by Crippen LogP contribution is -2.26. The summed E-state index contributed by atoms with van der Waals surface area (Å²) in [6.07, 6.45) is 3.19. The second-order valence-corrected chi connectivity index (χ2v) is 5.19. The van der Waals surface area contributed by atoms with Crippen molar-refractivity contribution in [3.63, 3.8) is 0 Å². The van der Waals surface area contributed by atoms with Crippen LogP contribution in [0.4, 0.5) is 0 Å². The molecule has 1 amide bonds. The Hall–Kier alpha value is -1.88. The molecule has 1 N–H and O–H groups in total. The van der Waals surface area contributed by atoms with E-state index in [1.54, 1.807) is 31.6 Å². The number of nitrogens with one attached hydrogen (secondary N) is 1. The number of pyridine rings is 1. The van der Waals surface area contributed by atoms with Gasteiger partial charge < -0.3 is 10.1 Å². The van der Waals surface area contributed by atoms with Gasteiger partial charge in [-0.1, -0.05) is 6.07 Å². The molecule has 0 saturated carbocycles. The Morgan fingerprint density at radius 1 is 1.40 bits per heavy atom. The van der Waals surface area contributed by atoms with Crippen LogP contribution in [-0.2, 0) is 0 Å². The summed E-state index contributed by atoms with van der Waals surface area (Å²) in [5, 5.41) is 2.94. The van der Waals surface area contributed by atoms with Crippen LogP contribution in [0.25, 0.3) is 0 Å². The van der Waals surface area contributed by atoms with Crippen LogP contribution in [0.2, 0.25) is 0 Å². The van der Waals surface area contributed by atoms with Gasteiger partial charge in [0.1, 0.15) is 5.75 Å². The first-order valence-electron chi connectivity index (χ1n) is 6.16. The van der Waals surface area contributed by atoms with E-state index >= 15 is 0 Å². The van der Waals surface area contributed by atoms with Crippen molar-refractivity contribution in [3.8, 4) is 5.75 Å². The van der Waals surface area contributed by atoms with E-state index in [2.05, 4.69) is 26.2 Å². The van der Waals surface area contributed by atoms with Crippen LogP contribution < -0.4 is 10.1 Å². The fraction of sp³-hybridized carbons (Fsp3) is 0.200. The van der Waals surface area contributed by atoms with Crippen LogP contribution in [0.5, 0.6) is 5.75 Å². The maximum absolute atomic E-state index is 12.0. The minimum Gasteiger partial charge on any atom is -0.496 e. The van der Waals surface area contributed by atoms with Gasteiger partial charge in [-0.3, -0.25) is 9.78 Å². The lowest BCUT2D eigenvalue weighted by Gasteiger charge is -2.15. The Balaban J connectivity index is 2.10. The van der Waals surface area contributed by atoms with E-state index < -0.39 is 0 Å². The molecular weight excluding hydrogens is 320 g/mol. The average molecular weight is 335 g/mol. The Bertz CT molecular complexity index is 602. The molecule has 0 fully saturated rings. The average Bonchev–Trinajstić information content (AvgIpc) is 2.48. The molecule has 1 atom stereocenters. The van der Waals surface area contributed by atoms with Crippen molar-refractivity contribution in [2.75, 3.05) is 7.11 Å². The first kappa shape index (κ1) is 14.5. The van der Waals surface area contributed by atoms with E-state index in [0.717, 1.165) is 15.8 Å². The number of amides is 1. The van der Waals surface area contributed by atoms with Gasteiger partial charge in [0.15, 0.2) is 0 Å². The SMILES string of the molecule is COc1ccc(C(C)NC(=O)c2cccnc2)cc1Br. The largest absolute Gasteiger partial charge is 0.496 e. The maximum Gasteiger partial charge on any atom is 0.253 e. The predicted octanol–water partition coefficient (Wildman–Crippen LogP) is 3.34. The highest BCUT2D eigenvalue weighted by Crippen LogP contribution is 2.28. The van der Waals surface area contributed by atoms with Crippen LogP contribution in [-0.4, -0.2) is 18.0 Å². The summed E-state index contributed by atoms with van der Waals surface area (Å²) in [7, 11) is 1.62. The summed E-state index contributed by atoms with van der Waals surface area (Å²) in [4.78, 5) is 16.0. The number of aromatic nitrogens is 1. The Morgan fingerprint density at radius 3 is 2.80 bits per heavy atom. The molecule has 1 aromatic carbocycles. The molecule has 1 heterocycles.